The van der Waals surface area contributed by atoms with Gasteiger partial charge in [0.05, 0.1) is 7.11 Å². The fraction of sp³-hybridized carbons (Fsp3) is 0.400. The molecule has 8 heteroatoms. The summed E-state index contributed by atoms with van der Waals surface area (Å²) in [7, 11) is 1.04. The Morgan fingerprint density at radius 1 is 0.818 bits per heavy atom. The van der Waals surface area contributed by atoms with Crippen LogP contribution in [0.15, 0.2) is 48.5 Å². The first-order chi connectivity index (χ1) is 15.3. The molecule has 0 spiro atoms. The summed E-state index contributed by atoms with van der Waals surface area (Å²) in [6.07, 6.45) is 0. The molecule has 33 heavy (non-hydrogen) atoms. The molecule has 1 aliphatic rings. The van der Waals surface area contributed by atoms with Crippen LogP contribution in [0.2, 0.25) is 0 Å². The number of fused-ring (bicyclic) bond motifs is 3. The first-order valence-electron chi connectivity index (χ1n) is 10.6. The maximum atomic E-state index is 13.1. The van der Waals surface area contributed by atoms with Crippen LogP contribution >= 0.6 is 0 Å². The Labute approximate surface area is 193 Å². The van der Waals surface area contributed by atoms with E-state index in [1.165, 1.54) is 0 Å². The minimum atomic E-state index is -2.61. The Balaban J connectivity index is 1.88. The monoisotopic (exact) mass is 454 g/mol. The number of methoxy groups -OCH3 is 1. The van der Waals surface area contributed by atoms with Crippen LogP contribution in [0.25, 0.3) is 11.1 Å². The summed E-state index contributed by atoms with van der Waals surface area (Å²) in [6.45, 7) is 5.91. The fourth-order valence-electron chi connectivity index (χ4n) is 3.94. The normalized spacial score (nSPS) is 16.6. The summed E-state index contributed by atoms with van der Waals surface area (Å²) < 4.78 is 15.6. The van der Waals surface area contributed by atoms with Crippen molar-refractivity contribution in [2.24, 2.45) is 11.5 Å². The number of hydrogen-bond donors (Lipinski definition) is 2. The number of benzene rings is 2. The minimum Gasteiger partial charge on any atom is -0.467 e. The van der Waals surface area contributed by atoms with Gasteiger partial charge in [0, 0.05) is 5.92 Å². The fourth-order valence-corrected chi connectivity index (χ4v) is 3.94. The molecule has 0 heterocycles. The highest BCUT2D eigenvalue weighted by molar-refractivity contribution is 6.11. The van der Waals surface area contributed by atoms with Crippen LogP contribution < -0.4 is 11.5 Å². The van der Waals surface area contributed by atoms with Crippen molar-refractivity contribution >= 4 is 17.9 Å². The van der Waals surface area contributed by atoms with E-state index in [0.717, 1.165) is 36.3 Å². The predicted molar refractivity (Wildman–Crippen MR) is 122 cm³/mol. The number of esters is 3. The van der Waals surface area contributed by atoms with E-state index in [2.05, 4.69) is 0 Å². The van der Waals surface area contributed by atoms with E-state index in [4.69, 9.17) is 25.7 Å². The lowest BCUT2D eigenvalue weighted by atomic mass is 9.79. The molecule has 2 aromatic carbocycles. The summed E-state index contributed by atoms with van der Waals surface area (Å²) in [6, 6.07) is 15.7. The van der Waals surface area contributed by atoms with Crippen molar-refractivity contribution in [3.05, 3.63) is 59.7 Å². The van der Waals surface area contributed by atoms with E-state index in [9.17, 15) is 14.4 Å². The average molecular weight is 455 g/mol. The third-order valence-electron chi connectivity index (χ3n) is 5.82. The van der Waals surface area contributed by atoms with Gasteiger partial charge in [-0.25, -0.2) is 14.4 Å². The van der Waals surface area contributed by atoms with Crippen molar-refractivity contribution in [3.63, 3.8) is 0 Å². The van der Waals surface area contributed by atoms with Crippen molar-refractivity contribution < 1.29 is 28.6 Å². The third-order valence-corrected chi connectivity index (χ3v) is 5.82. The van der Waals surface area contributed by atoms with E-state index in [1.54, 1.807) is 20.8 Å². The molecular weight excluding hydrogens is 424 g/mol. The second-order valence-electron chi connectivity index (χ2n) is 9.33. The highest BCUT2D eigenvalue weighted by Gasteiger charge is 2.63. The van der Waals surface area contributed by atoms with Gasteiger partial charge in [0.25, 0.3) is 0 Å². The second kappa shape index (κ2) is 8.61. The van der Waals surface area contributed by atoms with Crippen LogP contribution in [-0.2, 0) is 28.6 Å². The summed E-state index contributed by atoms with van der Waals surface area (Å²) in [5, 5.41) is 0. The third kappa shape index (κ3) is 4.24. The van der Waals surface area contributed by atoms with Gasteiger partial charge in [-0.3, -0.25) is 0 Å². The molecule has 3 rings (SSSR count). The van der Waals surface area contributed by atoms with E-state index in [-0.39, 0.29) is 12.5 Å². The molecule has 4 N–H and O–H groups in total. The first kappa shape index (κ1) is 24.4. The van der Waals surface area contributed by atoms with Crippen molar-refractivity contribution in [3.8, 4) is 11.1 Å². The molecule has 176 valence electrons. The maximum absolute atomic E-state index is 13.1. The van der Waals surface area contributed by atoms with Crippen LogP contribution in [0.4, 0.5) is 0 Å². The van der Waals surface area contributed by atoms with Crippen LogP contribution in [0.5, 0.6) is 0 Å². The van der Waals surface area contributed by atoms with Gasteiger partial charge in [-0.1, -0.05) is 48.5 Å². The Morgan fingerprint density at radius 2 is 1.30 bits per heavy atom. The first-order valence-corrected chi connectivity index (χ1v) is 10.6. The lowest BCUT2D eigenvalue weighted by Crippen LogP contribution is -2.77. The Hall–Kier alpha value is -3.23. The summed E-state index contributed by atoms with van der Waals surface area (Å²) >= 11 is 0. The molecule has 0 unspecified atom stereocenters. The highest BCUT2D eigenvalue weighted by Crippen LogP contribution is 2.44. The van der Waals surface area contributed by atoms with Crippen molar-refractivity contribution in [1.82, 2.24) is 0 Å². The van der Waals surface area contributed by atoms with Crippen LogP contribution in [0.3, 0.4) is 0 Å². The van der Waals surface area contributed by atoms with E-state index in [0.29, 0.717) is 0 Å². The summed E-state index contributed by atoms with van der Waals surface area (Å²) in [5.41, 5.74) is 10.6. The molecule has 0 fully saturated rings. The van der Waals surface area contributed by atoms with Gasteiger partial charge in [0.1, 0.15) is 12.2 Å². The molecule has 1 aliphatic carbocycles. The second-order valence-corrected chi connectivity index (χ2v) is 9.33. The minimum absolute atomic E-state index is 0.0504. The zero-order valence-electron chi connectivity index (χ0n) is 19.5. The maximum Gasteiger partial charge on any atom is 0.341 e. The van der Waals surface area contributed by atoms with Gasteiger partial charge in [-0.15, -0.1) is 0 Å². The molecule has 0 radical (unpaired) electrons. The SMILES string of the molecule is COC(=O)[C@](N)(C(=O)OC(C)(C)C)[C@@](C)(N)C(=O)OCC1c2ccccc2-c2ccccc21. The summed E-state index contributed by atoms with van der Waals surface area (Å²) in [4.78, 5) is 38.6. The van der Waals surface area contributed by atoms with Crippen LogP contribution in [0.1, 0.15) is 44.7 Å². The zero-order valence-corrected chi connectivity index (χ0v) is 19.5. The molecule has 0 aromatic heterocycles. The van der Waals surface area contributed by atoms with Crippen LogP contribution in [0, 0.1) is 0 Å². The number of nitrogens with two attached hydrogens (primary N) is 2. The largest absolute Gasteiger partial charge is 0.467 e. The topological polar surface area (TPSA) is 131 Å². The van der Waals surface area contributed by atoms with E-state index in [1.807, 2.05) is 48.5 Å². The number of rotatable bonds is 6. The smallest absolute Gasteiger partial charge is 0.341 e. The Kier molecular flexibility index (Phi) is 6.37. The molecule has 2 atom stereocenters. The molecule has 0 bridgehead atoms. The molecular formula is C25H30N2O6. The van der Waals surface area contributed by atoms with Gasteiger partial charge >= 0.3 is 17.9 Å². The van der Waals surface area contributed by atoms with Crippen LogP contribution in [-0.4, -0.2) is 48.3 Å². The van der Waals surface area contributed by atoms with Crippen molar-refractivity contribution in [2.45, 2.75) is 50.3 Å². The Bertz CT molecular complexity index is 1040. The quantitative estimate of drug-likeness (QED) is 0.386. The van der Waals surface area contributed by atoms with Gasteiger partial charge in [0.2, 0.25) is 5.54 Å². The molecule has 2 aromatic rings. The van der Waals surface area contributed by atoms with Gasteiger partial charge in [-0.2, -0.15) is 0 Å². The van der Waals surface area contributed by atoms with Crippen molar-refractivity contribution in [1.29, 1.82) is 0 Å². The molecule has 0 aliphatic heterocycles. The highest BCUT2D eigenvalue weighted by atomic mass is 16.6. The zero-order chi connectivity index (χ0) is 24.6. The van der Waals surface area contributed by atoms with Crippen molar-refractivity contribution in [2.75, 3.05) is 13.7 Å². The molecule has 0 saturated carbocycles. The lowest BCUT2D eigenvalue weighted by molar-refractivity contribution is -0.180. The number of carbonyl (C=O) groups is 3. The summed E-state index contributed by atoms with van der Waals surface area (Å²) in [5.74, 6) is -3.64. The molecule has 0 saturated heterocycles. The number of carbonyl (C=O) groups excluding carboxylic acids is 3. The van der Waals surface area contributed by atoms with Gasteiger partial charge in [0.15, 0.2) is 5.54 Å². The number of ether oxygens (including phenoxy) is 3. The van der Waals surface area contributed by atoms with E-state index >= 15 is 0 Å². The molecule has 8 nitrogen and oxygen atoms in total. The lowest BCUT2D eigenvalue weighted by Gasteiger charge is -2.38. The molecule has 0 amide bonds. The van der Waals surface area contributed by atoms with Gasteiger partial charge in [-0.05, 0) is 49.9 Å². The average Bonchev–Trinajstić information content (AvgIpc) is 3.08. The Morgan fingerprint density at radius 3 is 1.76 bits per heavy atom. The van der Waals surface area contributed by atoms with Gasteiger partial charge < -0.3 is 25.7 Å². The predicted octanol–water partition coefficient (Wildman–Crippen LogP) is 2.27. The number of hydrogen-bond acceptors (Lipinski definition) is 8. The standard InChI is InChI=1S/C25H30N2O6/c1-23(2,3)33-22(30)25(27,21(29)31-5)24(4,26)20(28)32-14-19-17-12-8-6-10-15(17)16-11-7-9-13-18(16)19/h6-13,19H,14,26-27H2,1-5H3/t24-,25-/m0/s1. The van der Waals surface area contributed by atoms with E-state index < -0.39 is 34.6 Å².